The van der Waals surface area contributed by atoms with E-state index in [-0.39, 0.29) is 0 Å². The highest BCUT2D eigenvalue weighted by molar-refractivity contribution is 6.16. The Kier molecular flexibility index (Phi) is 1.32. The summed E-state index contributed by atoms with van der Waals surface area (Å²) < 4.78 is 4.74. The second-order valence-corrected chi connectivity index (χ2v) is 1.37. The van der Waals surface area contributed by atoms with Crippen molar-refractivity contribution in [1.29, 1.82) is 0 Å². The van der Waals surface area contributed by atoms with E-state index in [4.69, 9.17) is 16.0 Å². The highest BCUT2D eigenvalue weighted by Gasteiger charge is 1.87. The van der Waals surface area contributed by atoms with Gasteiger partial charge in [-0.15, -0.1) is 11.6 Å². The highest BCUT2D eigenvalue weighted by Crippen LogP contribution is 1.98. The fourth-order valence-electron chi connectivity index (χ4n) is 0.308. The largest absolute Gasteiger partial charge is 0.447 e. The molecule has 0 aliphatic carbocycles. The summed E-state index contributed by atoms with van der Waals surface area (Å²) in [6.07, 6.45) is 2.95. The number of hydrogen-bond acceptors (Lipinski definition) is 2. The van der Waals surface area contributed by atoms with Crippen molar-refractivity contribution in [2.24, 2.45) is 0 Å². The molecule has 0 aliphatic rings. The summed E-state index contributed by atoms with van der Waals surface area (Å²) in [7, 11) is 0. The molecule has 38 valence electrons. The SMILES string of the molecule is ClCc1cnco1. The van der Waals surface area contributed by atoms with Gasteiger partial charge in [0, 0.05) is 0 Å². The molecule has 0 saturated heterocycles. The van der Waals surface area contributed by atoms with Gasteiger partial charge in [-0.2, -0.15) is 0 Å². The van der Waals surface area contributed by atoms with Gasteiger partial charge in [-0.1, -0.05) is 0 Å². The topological polar surface area (TPSA) is 26.0 Å². The fraction of sp³-hybridized carbons (Fsp3) is 0.250. The van der Waals surface area contributed by atoms with Crippen molar-refractivity contribution in [1.82, 2.24) is 4.98 Å². The number of rotatable bonds is 1. The average molecular weight is 118 g/mol. The van der Waals surface area contributed by atoms with Crippen LogP contribution in [0, 0.1) is 0 Å². The fourth-order valence-corrected chi connectivity index (χ4v) is 0.440. The molecule has 0 radical (unpaired) electrons. The second-order valence-electron chi connectivity index (χ2n) is 1.10. The van der Waals surface area contributed by atoms with Crippen molar-refractivity contribution in [3.63, 3.8) is 0 Å². The molecule has 1 heterocycles. The van der Waals surface area contributed by atoms with Gasteiger partial charge in [0.05, 0.1) is 12.1 Å². The molecule has 1 rings (SSSR count). The van der Waals surface area contributed by atoms with Crippen LogP contribution < -0.4 is 0 Å². The van der Waals surface area contributed by atoms with Gasteiger partial charge in [0.2, 0.25) is 0 Å². The van der Waals surface area contributed by atoms with Crippen LogP contribution in [-0.4, -0.2) is 4.98 Å². The summed E-state index contributed by atoms with van der Waals surface area (Å²) in [4.78, 5) is 3.64. The molecule has 0 bridgehead atoms. The lowest BCUT2D eigenvalue weighted by molar-refractivity contribution is 0.522. The van der Waals surface area contributed by atoms with Crippen LogP contribution >= 0.6 is 11.6 Å². The molecule has 0 aliphatic heterocycles. The van der Waals surface area contributed by atoms with E-state index in [9.17, 15) is 0 Å². The number of nitrogens with zero attached hydrogens (tertiary/aromatic N) is 1. The summed E-state index contributed by atoms with van der Waals surface area (Å²) in [5.74, 6) is 1.11. The number of halogens is 1. The van der Waals surface area contributed by atoms with E-state index in [1.165, 1.54) is 6.39 Å². The van der Waals surface area contributed by atoms with Crippen LogP contribution in [-0.2, 0) is 5.88 Å². The molecule has 1 aromatic heterocycles. The standard InChI is InChI=1S/C4H4ClNO/c5-1-4-2-6-3-7-4/h2-3H,1H2. The van der Waals surface area contributed by atoms with Gasteiger partial charge in [-0.25, -0.2) is 4.98 Å². The summed E-state index contributed by atoms with van der Waals surface area (Å²) in [5.41, 5.74) is 0. The predicted molar refractivity (Wildman–Crippen MR) is 26.1 cm³/mol. The first-order valence-corrected chi connectivity index (χ1v) is 2.40. The third kappa shape index (κ3) is 0.933. The Morgan fingerprint density at radius 3 is 3.00 bits per heavy atom. The van der Waals surface area contributed by atoms with Gasteiger partial charge >= 0.3 is 0 Å². The summed E-state index contributed by atoms with van der Waals surface area (Å²) in [5, 5.41) is 0. The van der Waals surface area contributed by atoms with Gasteiger partial charge < -0.3 is 4.42 Å². The predicted octanol–water partition coefficient (Wildman–Crippen LogP) is 1.41. The molecule has 0 unspecified atom stereocenters. The van der Waals surface area contributed by atoms with Crippen LogP contribution in [0.1, 0.15) is 5.76 Å². The quantitative estimate of drug-likeness (QED) is 0.520. The maximum atomic E-state index is 5.33. The molecule has 1 aromatic rings. The minimum atomic E-state index is 0.403. The molecule has 2 nitrogen and oxygen atoms in total. The van der Waals surface area contributed by atoms with Gasteiger partial charge in [-0.3, -0.25) is 0 Å². The Labute approximate surface area is 46.1 Å². The van der Waals surface area contributed by atoms with E-state index in [0.29, 0.717) is 11.6 Å². The maximum Gasteiger partial charge on any atom is 0.180 e. The molecular formula is C4H4ClNO. The maximum absolute atomic E-state index is 5.33. The Bertz CT molecular complexity index is 126. The van der Waals surface area contributed by atoms with Crippen LogP contribution in [0.5, 0.6) is 0 Å². The minimum Gasteiger partial charge on any atom is -0.447 e. The number of hydrogen-bond donors (Lipinski definition) is 0. The molecule has 0 saturated carbocycles. The normalized spacial score (nSPS) is 9.29. The van der Waals surface area contributed by atoms with Crippen molar-refractivity contribution in [3.05, 3.63) is 18.4 Å². The summed E-state index contributed by atoms with van der Waals surface area (Å²) in [6.45, 7) is 0. The summed E-state index contributed by atoms with van der Waals surface area (Å²) >= 11 is 5.33. The third-order valence-corrected chi connectivity index (χ3v) is 0.879. The number of alkyl halides is 1. The molecule has 0 amide bonds. The lowest BCUT2D eigenvalue weighted by Gasteiger charge is -1.75. The smallest absolute Gasteiger partial charge is 0.180 e. The lowest BCUT2D eigenvalue weighted by atomic mass is 10.6. The number of aromatic nitrogens is 1. The molecule has 0 aromatic carbocycles. The molecule has 0 N–H and O–H groups in total. The minimum absolute atomic E-state index is 0.403. The van der Waals surface area contributed by atoms with Crippen LogP contribution in [0.15, 0.2) is 17.0 Å². The van der Waals surface area contributed by atoms with E-state index >= 15 is 0 Å². The molecule has 0 spiro atoms. The van der Waals surface area contributed by atoms with E-state index in [2.05, 4.69) is 4.98 Å². The van der Waals surface area contributed by atoms with Crippen molar-refractivity contribution >= 4 is 11.6 Å². The van der Waals surface area contributed by atoms with E-state index in [1.807, 2.05) is 0 Å². The Morgan fingerprint density at radius 1 is 1.86 bits per heavy atom. The summed E-state index contributed by atoms with van der Waals surface area (Å²) in [6, 6.07) is 0. The van der Waals surface area contributed by atoms with Crippen LogP contribution in [0.4, 0.5) is 0 Å². The second kappa shape index (κ2) is 1.98. The molecule has 0 fully saturated rings. The van der Waals surface area contributed by atoms with Gasteiger partial charge in [0.15, 0.2) is 6.39 Å². The van der Waals surface area contributed by atoms with Gasteiger partial charge in [0.1, 0.15) is 5.76 Å². The van der Waals surface area contributed by atoms with E-state index in [0.717, 1.165) is 0 Å². The zero-order chi connectivity index (χ0) is 5.11. The van der Waals surface area contributed by atoms with Crippen LogP contribution in [0.2, 0.25) is 0 Å². The zero-order valence-corrected chi connectivity index (χ0v) is 4.35. The highest BCUT2D eigenvalue weighted by atomic mass is 35.5. The van der Waals surface area contributed by atoms with E-state index < -0.39 is 0 Å². The average Bonchev–Trinajstić information content (AvgIpc) is 2.14. The number of oxazole rings is 1. The molecule has 7 heavy (non-hydrogen) atoms. The third-order valence-electron chi connectivity index (χ3n) is 0.615. The molecule has 3 heteroatoms. The van der Waals surface area contributed by atoms with Crippen molar-refractivity contribution < 1.29 is 4.42 Å². The Hall–Kier alpha value is -0.500. The first-order chi connectivity index (χ1) is 3.43. The lowest BCUT2D eigenvalue weighted by Crippen LogP contribution is -1.63. The van der Waals surface area contributed by atoms with Gasteiger partial charge in [-0.05, 0) is 0 Å². The van der Waals surface area contributed by atoms with Crippen molar-refractivity contribution in [3.8, 4) is 0 Å². The Morgan fingerprint density at radius 2 is 2.71 bits per heavy atom. The van der Waals surface area contributed by atoms with Crippen LogP contribution in [0.3, 0.4) is 0 Å². The monoisotopic (exact) mass is 117 g/mol. The molecule has 0 atom stereocenters. The van der Waals surface area contributed by atoms with Gasteiger partial charge in [0.25, 0.3) is 0 Å². The van der Waals surface area contributed by atoms with Crippen molar-refractivity contribution in [2.45, 2.75) is 5.88 Å². The van der Waals surface area contributed by atoms with E-state index in [1.54, 1.807) is 6.20 Å². The first kappa shape index (κ1) is 4.65. The van der Waals surface area contributed by atoms with Crippen LogP contribution in [0.25, 0.3) is 0 Å². The molecular weight excluding hydrogens is 114 g/mol. The first-order valence-electron chi connectivity index (χ1n) is 1.87. The zero-order valence-electron chi connectivity index (χ0n) is 3.60. The van der Waals surface area contributed by atoms with Crippen molar-refractivity contribution in [2.75, 3.05) is 0 Å². The Balaban J connectivity index is 2.76.